The van der Waals surface area contributed by atoms with Gasteiger partial charge in [-0.05, 0) is 26.0 Å². The maximum absolute atomic E-state index is 12.3. The largest absolute Gasteiger partial charge is 0.846 e. The zero-order valence-electron chi connectivity index (χ0n) is 16.7. The Balaban J connectivity index is 2.28. The number of nitrogens with one attached hydrogen (secondary N) is 1. The highest BCUT2D eigenvalue weighted by Crippen LogP contribution is 2.17. The lowest BCUT2D eigenvalue weighted by Gasteiger charge is -2.32. The van der Waals surface area contributed by atoms with Crippen molar-refractivity contribution in [3.8, 4) is 5.88 Å². The van der Waals surface area contributed by atoms with Crippen LogP contribution >= 0.6 is 0 Å². The summed E-state index contributed by atoms with van der Waals surface area (Å²) in [5, 5.41) is 11.7. The van der Waals surface area contributed by atoms with Crippen molar-refractivity contribution in [3.05, 3.63) is 56.3 Å². The van der Waals surface area contributed by atoms with E-state index in [1.54, 1.807) is 32.1 Å². The smallest absolute Gasteiger partial charge is 0.330 e. The fraction of sp³-hybridized carbons (Fsp3) is 0.368. The Labute approximate surface area is 167 Å². The summed E-state index contributed by atoms with van der Waals surface area (Å²) in [6.45, 7) is 4.04. The normalized spacial score (nSPS) is 18.8. The summed E-state index contributed by atoms with van der Waals surface area (Å²) in [4.78, 5) is 43.5. The third-order valence-electron chi connectivity index (χ3n) is 4.01. The molecule has 0 radical (unpaired) electrons. The van der Waals surface area contributed by atoms with E-state index < -0.39 is 29.4 Å². The van der Waals surface area contributed by atoms with Crippen LogP contribution in [0, 0.1) is 0 Å². The molecule has 0 aromatic carbocycles. The number of carbonyl (C=O) groups is 1. The first-order chi connectivity index (χ1) is 13.8. The molecule has 0 fully saturated rings. The summed E-state index contributed by atoms with van der Waals surface area (Å²) in [5.74, 6) is -0.411. The number of carbonyl (C=O) groups excluding carboxylic acids is 1. The van der Waals surface area contributed by atoms with Gasteiger partial charge in [0.1, 0.15) is 5.56 Å². The number of ether oxygens (including phenoxy) is 2. The lowest BCUT2D eigenvalue weighted by atomic mass is 10.1. The molecule has 1 aromatic heterocycles. The van der Waals surface area contributed by atoms with Gasteiger partial charge in [-0.1, -0.05) is 18.2 Å². The Hall–Kier alpha value is -3.40. The average Bonchev–Trinajstić information content (AvgIpc) is 2.68. The minimum absolute atomic E-state index is 0.0846. The molecule has 0 saturated carbocycles. The zero-order chi connectivity index (χ0) is 21.6. The molecule has 29 heavy (non-hydrogen) atoms. The van der Waals surface area contributed by atoms with E-state index in [1.807, 2.05) is 0 Å². The predicted molar refractivity (Wildman–Crippen MR) is 105 cm³/mol. The van der Waals surface area contributed by atoms with Crippen LogP contribution < -0.4 is 21.1 Å². The molecule has 0 spiro atoms. The Kier molecular flexibility index (Phi) is 7.32. The van der Waals surface area contributed by atoms with Crippen molar-refractivity contribution in [2.75, 3.05) is 20.3 Å². The lowest BCUT2D eigenvalue weighted by Crippen LogP contribution is -2.48. The number of nitrogens with zero attached hydrogens (tertiary/aromatic N) is 3. The molecule has 1 unspecified atom stereocenters. The molecular weight excluding hydrogens is 380 g/mol. The third kappa shape index (κ3) is 4.91. The monoisotopic (exact) mass is 403 g/mol. The van der Waals surface area contributed by atoms with E-state index in [0.29, 0.717) is 0 Å². The van der Waals surface area contributed by atoms with Crippen molar-refractivity contribution in [2.24, 2.45) is 12.0 Å². The van der Waals surface area contributed by atoms with E-state index in [1.165, 1.54) is 26.2 Å². The maximum Gasteiger partial charge on any atom is 0.330 e. The summed E-state index contributed by atoms with van der Waals surface area (Å²) >= 11 is 0. The number of H-pyrrole nitrogens is 1. The first-order valence-electron chi connectivity index (χ1n) is 8.97. The van der Waals surface area contributed by atoms with Crippen molar-refractivity contribution in [1.82, 2.24) is 14.5 Å². The highest BCUT2D eigenvalue weighted by atomic mass is 16.5. The van der Waals surface area contributed by atoms with Crippen LogP contribution in [0.15, 0.2) is 44.5 Å². The summed E-state index contributed by atoms with van der Waals surface area (Å²) in [7, 11) is 2.70. The number of allylic oxidation sites excluding steroid dienone is 4. The second-order valence-electron chi connectivity index (χ2n) is 5.92. The summed E-state index contributed by atoms with van der Waals surface area (Å²) in [6.07, 6.45) is 6.73. The molecule has 1 amide bonds. The molecule has 2 rings (SSSR count). The minimum atomic E-state index is -0.958. The number of rotatable bonds is 7. The first kappa shape index (κ1) is 21.9. The van der Waals surface area contributed by atoms with E-state index in [9.17, 15) is 19.5 Å². The Bertz CT molecular complexity index is 999. The molecule has 0 saturated heterocycles. The molecule has 156 valence electrons. The minimum Gasteiger partial charge on any atom is -0.846 e. The zero-order valence-corrected chi connectivity index (χ0v) is 16.7. The van der Waals surface area contributed by atoms with Gasteiger partial charge in [0.15, 0.2) is 6.23 Å². The van der Waals surface area contributed by atoms with Crippen molar-refractivity contribution in [1.29, 1.82) is 0 Å². The standard InChI is InChI=1S/C19H24N4O6/c1-5-28-14-12(16(24)22(3)18(26)20-14)10-8-7-9-11-13-15(29-6-2)21-19(27)23(4)17(13)25/h7-11,14H,5-6H2,1-4H3,(H,20,26)(H,21,27)/p-1. The van der Waals surface area contributed by atoms with Gasteiger partial charge in [-0.25, -0.2) is 9.79 Å². The van der Waals surface area contributed by atoms with Crippen LogP contribution in [0.2, 0.25) is 0 Å². The Morgan fingerprint density at radius 1 is 1.14 bits per heavy atom. The number of aromatic nitrogens is 2. The van der Waals surface area contributed by atoms with Crippen LogP contribution in [0.3, 0.4) is 0 Å². The number of aliphatic imine (C=N–C) groups is 1. The number of hydrogen-bond acceptors (Lipinski definition) is 7. The van der Waals surface area contributed by atoms with E-state index >= 15 is 0 Å². The van der Waals surface area contributed by atoms with Crippen LogP contribution in [0.1, 0.15) is 19.4 Å². The van der Waals surface area contributed by atoms with Gasteiger partial charge in [0.05, 0.1) is 18.2 Å². The van der Waals surface area contributed by atoms with E-state index in [-0.39, 0.29) is 30.2 Å². The first-order valence-corrected chi connectivity index (χ1v) is 8.97. The summed E-state index contributed by atoms with van der Waals surface area (Å²) in [6, 6.07) is -0.660. The van der Waals surface area contributed by atoms with Crippen LogP contribution in [0.5, 0.6) is 5.88 Å². The number of aromatic amines is 1. The van der Waals surface area contributed by atoms with Crippen LogP contribution in [0.4, 0.5) is 0 Å². The highest BCUT2D eigenvalue weighted by Gasteiger charge is 2.27. The fourth-order valence-electron chi connectivity index (χ4n) is 2.48. The molecule has 0 aliphatic carbocycles. The van der Waals surface area contributed by atoms with E-state index in [4.69, 9.17) is 9.47 Å². The molecule has 0 bridgehead atoms. The molecule has 1 aliphatic rings. The predicted octanol–water partition coefficient (Wildman–Crippen LogP) is -0.481. The Morgan fingerprint density at radius 3 is 2.52 bits per heavy atom. The maximum atomic E-state index is 12.3. The van der Waals surface area contributed by atoms with Crippen molar-refractivity contribution < 1.29 is 19.4 Å². The molecule has 1 aromatic rings. The van der Waals surface area contributed by atoms with Gasteiger partial charge in [-0.2, -0.15) is 0 Å². The molecule has 10 nitrogen and oxygen atoms in total. The van der Waals surface area contributed by atoms with Crippen molar-refractivity contribution in [3.63, 3.8) is 0 Å². The number of amidine groups is 1. The second-order valence-corrected chi connectivity index (χ2v) is 5.92. The SMILES string of the molecule is CCOc1[nH]c(=O)n(C)c(=O)c1C=CC=CC=C1C(=O)N(C)C([O-])=NC1OCC. The average molecular weight is 403 g/mol. The molecule has 1 atom stereocenters. The quantitative estimate of drug-likeness (QED) is 0.484. The van der Waals surface area contributed by atoms with E-state index in [0.717, 1.165) is 9.47 Å². The topological polar surface area (TPSA) is 129 Å². The van der Waals surface area contributed by atoms with Gasteiger partial charge in [0.25, 0.3) is 11.5 Å². The van der Waals surface area contributed by atoms with Gasteiger partial charge in [-0.15, -0.1) is 0 Å². The van der Waals surface area contributed by atoms with Gasteiger partial charge in [-0.3, -0.25) is 19.1 Å². The lowest BCUT2D eigenvalue weighted by molar-refractivity contribution is -0.235. The number of amides is 1. The summed E-state index contributed by atoms with van der Waals surface area (Å²) in [5.41, 5.74) is -0.671. The second kappa shape index (κ2) is 9.69. The number of likely N-dealkylation sites (N-methyl/N-ethyl adjacent to an activating group) is 1. The van der Waals surface area contributed by atoms with Gasteiger partial charge in [0, 0.05) is 20.7 Å². The highest BCUT2D eigenvalue weighted by molar-refractivity contribution is 6.05. The van der Waals surface area contributed by atoms with Crippen molar-refractivity contribution in [2.45, 2.75) is 20.1 Å². The van der Waals surface area contributed by atoms with Gasteiger partial charge in [0.2, 0.25) is 5.88 Å². The fourth-order valence-corrected chi connectivity index (χ4v) is 2.48. The van der Waals surface area contributed by atoms with Crippen molar-refractivity contribution >= 4 is 18.0 Å². The van der Waals surface area contributed by atoms with Crippen LogP contribution in [-0.4, -0.2) is 52.9 Å². The molecule has 1 aliphatic heterocycles. The van der Waals surface area contributed by atoms with Crippen LogP contribution in [0.25, 0.3) is 6.08 Å². The van der Waals surface area contributed by atoms with Gasteiger partial charge < -0.3 is 19.5 Å². The molecule has 1 N–H and O–H groups in total. The molecule has 2 heterocycles. The van der Waals surface area contributed by atoms with E-state index in [2.05, 4.69) is 9.98 Å². The summed E-state index contributed by atoms with van der Waals surface area (Å²) < 4.78 is 11.6. The van der Waals surface area contributed by atoms with Crippen LogP contribution in [-0.2, 0) is 16.6 Å². The molecular formula is C19H23N4O6-. The van der Waals surface area contributed by atoms with Gasteiger partial charge >= 0.3 is 5.69 Å². The number of hydrogen-bond donors (Lipinski definition) is 1. The molecule has 10 heteroatoms. The third-order valence-corrected chi connectivity index (χ3v) is 4.01. The Morgan fingerprint density at radius 2 is 1.86 bits per heavy atom.